The van der Waals surface area contributed by atoms with Crippen molar-refractivity contribution in [2.45, 2.75) is 31.5 Å². The van der Waals surface area contributed by atoms with Crippen molar-refractivity contribution >= 4 is 5.91 Å². The number of benzene rings is 1. The zero-order valence-corrected chi connectivity index (χ0v) is 11.0. The van der Waals surface area contributed by atoms with Crippen molar-refractivity contribution in [1.82, 2.24) is 10.2 Å². The van der Waals surface area contributed by atoms with Crippen molar-refractivity contribution < 1.29 is 18.0 Å². The third-order valence-electron chi connectivity index (χ3n) is 3.32. The average molecular weight is 286 g/mol. The molecule has 1 aromatic rings. The second-order valence-electron chi connectivity index (χ2n) is 4.88. The molecule has 1 aromatic carbocycles. The van der Waals surface area contributed by atoms with Gasteiger partial charge in [0.15, 0.2) is 0 Å². The van der Waals surface area contributed by atoms with Crippen molar-refractivity contribution in [1.29, 1.82) is 0 Å². The highest BCUT2D eigenvalue weighted by molar-refractivity contribution is 5.85. The number of nitrogens with one attached hydrogen (secondary N) is 1. The number of amides is 1. The Bertz CT molecular complexity index is 447. The molecule has 1 aliphatic heterocycles. The van der Waals surface area contributed by atoms with E-state index in [2.05, 4.69) is 5.32 Å². The van der Waals surface area contributed by atoms with Crippen LogP contribution in [-0.2, 0) is 4.79 Å². The lowest BCUT2D eigenvalue weighted by Gasteiger charge is -2.15. The summed E-state index contributed by atoms with van der Waals surface area (Å²) in [5.41, 5.74) is 0.885. The SMILES string of the molecule is O=C1C(c2ccccc2)NCN1CCCCC(F)(F)F. The maximum atomic E-state index is 12.1. The van der Waals surface area contributed by atoms with Crippen LogP contribution in [-0.4, -0.2) is 30.2 Å². The van der Waals surface area contributed by atoms with Crippen LogP contribution in [0.15, 0.2) is 30.3 Å². The van der Waals surface area contributed by atoms with Crippen LogP contribution in [0.3, 0.4) is 0 Å². The molecule has 0 radical (unpaired) electrons. The quantitative estimate of drug-likeness (QED) is 0.844. The number of nitrogens with zero attached hydrogens (tertiary/aromatic N) is 1. The molecule has 0 saturated carbocycles. The highest BCUT2D eigenvalue weighted by Gasteiger charge is 2.32. The summed E-state index contributed by atoms with van der Waals surface area (Å²) in [5.74, 6) is -0.0665. The first-order chi connectivity index (χ1) is 9.47. The number of halogens is 3. The maximum Gasteiger partial charge on any atom is 0.389 e. The van der Waals surface area contributed by atoms with Crippen LogP contribution in [0.1, 0.15) is 30.9 Å². The van der Waals surface area contributed by atoms with Crippen LogP contribution in [0.5, 0.6) is 0 Å². The Morgan fingerprint density at radius 3 is 2.55 bits per heavy atom. The molecule has 20 heavy (non-hydrogen) atoms. The van der Waals surface area contributed by atoms with Crippen molar-refractivity contribution in [3.63, 3.8) is 0 Å². The molecule has 1 amide bonds. The van der Waals surface area contributed by atoms with E-state index in [1.54, 1.807) is 4.90 Å². The average Bonchev–Trinajstić information content (AvgIpc) is 2.76. The third-order valence-corrected chi connectivity index (χ3v) is 3.32. The van der Waals surface area contributed by atoms with Gasteiger partial charge in [-0.05, 0) is 18.4 Å². The van der Waals surface area contributed by atoms with Gasteiger partial charge in [-0.25, -0.2) is 0 Å². The molecule has 110 valence electrons. The standard InChI is InChI=1S/C14H17F3N2O/c15-14(16,17)8-4-5-9-19-10-18-12(13(19)20)11-6-2-1-3-7-11/h1-3,6-7,12,18H,4-5,8-10H2. The van der Waals surface area contributed by atoms with Gasteiger partial charge in [-0.15, -0.1) is 0 Å². The zero-order valence-electron chi connectivity index (χ0n) is 11.0. The molecule has 1 unspecified atom stereocenters. The van der Waals surface area contributed by atoms with Crippen LogP contribution in [0.2, 0.25) is 0 Å². The summed E-state index contributed by atoms with van der Waals surface area (Å²) < 4.78 is 36.1. The van der Waals surface area contributed by atoms with Gasteiger partial charge < -0.3 is 4.90 Å². The normalized spacial score (nSPS) is 19.6. The fraction of sp³-hybridized carbons (Fsp3) is 0.500. The Labute approximate surface area is 115 Å². The van der Waals surface area contributed by atoms with Gasteiger partial charge in [0, 0.05) is 13.0 Å². The lowest BCUT2D eigenvalue weighted by molar-refractivity contribution is -0.136. The molecule has 0 aromatic heterocycles. The molecule has 0 aliphatic carbocycles. The van der Waals surface area contributed by atoms with Gasteiger partial charge in [-0.1, -0.05) is 30.3 Å². The molecule has 0 bridgehead atoms. The van der Waals surface area contributed by atoms with Gasteiger partial charge in [0.2, 0.25) is 5.91 Å². The number of hydrogen-bond acceptors (Lipinski definition) is 2. The minimum atomic E-state index is -4.11. The summed E-state index contributed by atoms with van der Waals surface area (Å²) in [5, 5.41) is 3.08. The largest absolute Gasteiger partial charge is 0.389 e. The van der Waals surface area contributed by atoms with Gasteiger partial charge in [-0.2, -0.15) is 13.2 Å². The third kappa shape index (κ3) is 3.96. The van der Waals surface area contributed by atoms with E-state index < -0.39 is 12.6 Å². The Morgan fingerprint density at radius 2 is 1.90 bits per heavy atom. The molecule has 2 rings (SSSR count). The predicted molar refractivity (Wildman–Crippen MR) is 68.8 cm³/mol. The minimum Gasteiger partial charge on any atom is -0.328 e. The summed E-state index contributed by atoms with van der Waals surface area (Å²) in [6.07, 6.45) is -4.47. The molecular weight excluding hydrogens is 269 g/mol. The first-order valence-electron chi connectivity index (χ1n) is 6.61. The van der Waals surface area contributed by atoms with Crippen molar-refractivity contribution in [3.05, 3.63) is 35.9 Å². The van der Waals surface area contributed by atoms with Gasteiger partial charge in [-0.3, -0.25) is 10.1 Å². The molecule has 1 aliphatic rings. The summed E-state index contributed by atoms with van der Waals surface area (Å²) in [6.45, 7) is 0.760. The lowest BCUT2D eigenvalue weighted by atomic mass is 10.1. The smallest absolute Gasteiger partial charge is 0.328 e. The van der Waals surface area contributed by atoms with Crippen LogP contribution in [0.4, 0.5) is 13.2 Å². The van der Waals surface area contributed by atoms with Gasteiger partial charge in [0.1, 0.15) is 6.04 Å². The van der Waals surface area contributed by atoms with Crippen LogP contribution in [0, 0.1) is 0 Å². The van der Waals surface area contributed by atoms with Crippen LogP contribution in [0.25, 0.3) is 0 Å². The van der Waals surface area contributed by atoms with Crippen LogP contribution < -0.4 is 5.32 Å². The topological polar surface area (TPSA) is 32.3 Å². The molecule has 6 heteroatoms. The minimum absolute atomic E-state index is 0.0588. The van der Waals surface area contributed by atoms with E-state index >= 15 is 0 Å². The maximum absolute atomic E-state index is 12.1. The van der Waals surface area contributed by atoms with Crippen molar-refractivity contribution in [2.75, 3.05) is 13.2 Å². The van der Waals surface area contributed by atoms with Gasteiger partial charge in [0.25, 0.3) is 0 Å². The number of rotatable bonds is 5. The highest BCUT2D eigenvalue weighted by atomic mass is 19.4. The van der Waals surface area contributed by atoms with E-state index in [1.165, 1.54) is 0 Å². The Kier molecular flexibility index (Phi) is 4.65. The Balaban J connectivity index is 1.80. The van der Waals surface area contributed by atoms with Crippen molar-refractivity contribution in [2.24, 2.45) is 0 Å². The van der Waals surface area contributed by atoms with Crippen molar-refractivity contribution in [3.8, 4) is 0 Å². The van der Waals surface area contributed by atoms with Crippen LogP contribution >= 0.6 is 0 Å². The number of carbonyl (C=O) groups is 1. The number of hydrogen-bond donors (Lipinski definition) is 1. The molecule has 1 N–H and O–H groups in total. The summed E-state index contributed by atoms with van der Waals surface area (Å²) >= 11 is 0. The van der Waals surface area contributed by atoms with Gasteiger partial charge in [0.05, 0.1) is 6.67 Å². The van der Waals surface area contributed by atoms with E-state index in [0.29, 0.717) is 19.6 Å². The van der Waals surface area contributed by atoms with E-state index in [4.69, 9.17) is 0 Å². The summed E-state index contributed by atoms with van der Waals surface area (Å²) in [7, 11) is 0. The van der Waals surface area contributed by atoms with E-state index in [9.17, 15) is 18.0 Å². The molecule has 3 nitrogen and oxygen atoms in total. The first-order valence-corrected chi connectivity index (χ1v) is 6.61. The molecule has 1 atom stereocenters. The first kappa shape index (κ1) is 14.8. The van der Waals surface area contributed by atoms with E-state index in [1.807, 2.05) is 30.3 Å². The zero-order chi connectivity index (χ0) is 14.6. The fourth-order valence-electron chi connectivity index (χ4n) is 2.27. The molecular formula is C14H17F3N2O. The summed E-state index contributed by atoms with van der Waals surface area (Å²) in [4.78, 5) is 13.7. The molecule has 1 heterocycles. The second-order valence-corrected chi connectivity index (χ2v) is 4.88. The fourth-order valence-corrected chi connectivity index (χ4v) is 2.27. The molecule has 1 saturated heterocycles. The predicted octanol–water partition coefficient (Wildman–Crippen LogP) is 2.85. The number of carbonyl (C=O) groups excluding carboxylic acids is 1. The Hall–Kier alpha value is -1.56. The molecule has 0 spiro atoms. The monoisotopic (exact) mass is 286 g/mol. The van der Waals surface area contributed by atoms with E-state index in [0.717, 1.165) is 5.56 Å². The summed E-state index contributed by atoms with van der Waals surface area (Å²) in [6, 6.07) is 8.94. The number of alkyl halides is 3. The lowest BCUT2D eigenvalue weighted by Crippen LogP contribution is -2.28. The van der Waals surface area contributed by atoms with Gasteiger partial charge >= 0.3 is 6.18 Å². The Morgan fingerprint density at radius 1 is 1.20 bits per heavy atom. The van der Waals surface area contributed by atoms with E-state index in [-0.39, 0.29) is 18.4 Å². The number of unbranched alkanes of at least 4 members (excludes halogenated alkanes) is 1. The second kappa shape index (κ2) is 6.26. The highest BCUT2D eigenvalue weighted by Crippen LogP contribution is 2.24. The molecule has 1 fully saturated rings.